The van der Waals surface area contributed by atoms with E-state index in [1.807, 2.05) is 0 Å². The third kappa shape index (κ3) is 2.49. The third-order valence-corrected chi connectivity index (χ3v) is 2.23. The lowest BCUT2D eigenvalue weighted by molar-refractivity contribution is -0.213. The molecule has 0 spiro atoms. The Kier molecular flexibility index (Phi) is 3.37. The number of tetrazole rings is 1. The maximum Gasteiger partial charge on any atom is 0.254 e. The van der Waals surface area contributed by atoms with Gasteiger partial charge in [0.15, 0.2) is 0 Å². The number of aromatic amines is 1. The number of amides is 1. The van der Waals surface area contributed by atoms with Crippen molar-refractivity contribution in [1.29, 1.82) is 0 Å². The van der Waals surface area contributed by atoms with Crippen molar-refractivity contribution in [1.82, 2.24) is 20.6 Å². The second-order valence-corrected chi connectivity index (χ2v) is 3.37. The van der Waals surface area contributed by atoms with Crippen LogP contribution in [0, 0.1) is 0 Å². The Morgan fingerprint density at radius 1 is 1.53 bits per heavy atom. The molecule has 0 unspecified atom stereocenters. The van der Waals surface area contributed by atoms with Gasteiger partial charge in [-0.15, -0.1) is 10.2 Å². The Hall–Kier alpha value is -2.97. The van der Waals surface area contributed by atoms with E-state index in [9.17, 15) is 9.90 Å². The van der Waals surface area contributed by atoms with Crippen LogP contribution in [0.3, 0.4) is 0 Å². The largest absolute Gasteiger partial charge is 0.856 e. The molecule has 19 heavy (non-hydrogen) atoms. The molecule has 0 aliphatic carbocycles. The molecule has 1 aromatic heterocycles. The predicted molar refractivity (Wildman–Crippen MR) is 61.9 cm³/mol. The van der Waals surface area contributed by atoms with Crippen LogP contribution in [0.2, 0.25) is 0 Å². The number of methoxy groups -OCH3 is 1. The number of nitrogens with two attached hydrogens (primary N) is 1. The van der Waals surface area contributed by atoms with Crippen molar-refractivity contribution in [3.63, 3.8) is 0 Å². The van der Waals surface area contributed by atoms with E-state index in [2.05, 4.69) is 25.6 Å². The van der Waals surface area contributed by atoms with Gasteiger partial charge in [0.1, 0.15) is 11.3 Å². The lowest BCUT2D eigenvalue weighted by Crippen LogP contribution is -2.21. The Labute approximate surface area is 107 Å². The molecular weight excluding hydrogens is 252 g/mol. The molecule has 0 radical (unpaired) electrons. The molecule has 0 aliphatic heterocycles. The average Bonchev–Trinajstić information content (AvgIpc) is 2.92. The van der Waals surface area contributed by atoms with Crippen LogP contribution in [-0.2, 0) is 0 Å². The number of ether oxygens (including phenoxy) is 1. The van der Waals surface area contributed by atoms with Crippen LogP contribution >= 0.6 is 0 Å². The van der Waals surface area contributed by atoms with E-state index < -0.39 is 11.8 Å². The first-order valence-corrected chi connectivity index (χ1v) is 5.09. The van der Waals surface area contributed by atoms with E-state index in [4.69, 9.17) is 10.5 Å². The van der Waals surface area contributed by atoms with Gasteiger partial charge in [0.25, 0.3) is 5.91 Å². The molecule has 0 bridgehead atoms. The lowest BCUT2D eigenvalue weighted by Gasteiger charge is -2.10. The number of carbonyl (C=O) groups is 1. The minimum absolute atomic E-state index is 0.0156. The summed E-state index contributed by atoms with van der Waals surface area (Å²) >= 11 is 0. The summed E-state index contributed by atoms with van der Waals surface area (Å²) in [4.78, 5) is 15.1. The third-order valence-electron chi connectivity index (χ3n) is 2.23. The van der Waals surface area contributed by atoms with E-state index >= 15 is 0 Å². The normalized spacial score (nSPS) is 11.3. The van der Waals surface area contributed by atoms with Gasteiger partial charge >= 0.3 is 0 Å². The second-order valence-electron chi connectivity index (χ2n) is 3.37. The first kappa shape index (κ1) is 12.5. The molecule has 1 heterocycles. The minimum atomic E-state index is -0.753. The summed E-state index contributed by atoms with van der Waals surface area (Å²) in [6, 6.07) is 4.58. The molecule has 2 aromatic rings. The first-order valence-electron chi connectivity index (χ1n) is 5.09. The van der Waals surface area contributed by atoms with Crippen LogP contribution in [0.15, 0.2) is 23.2 Å². The standard InChI is InChI=1S/C10H10N6O3/c1-19-6-4-2-3-5(7(6)8(11)17)12-10(18)9-13-15-16-14-9/h2-4H,1H3,(H2,11,17)(H,12,18)(H,13,14,15,16)/p-1. The van der Waals surface area contributed by atoms with Gasteiger partial charge in [0, 0.05) is 5.90 Å². The molecule has 2 rings (SSSR count). The summed E-state index contributed by atoms with van der Waals surface area (Å²) in [5, 5.41) is 24.1. The molecule has 1 amide bonds. The number of nitrogens with one attached hydrogen (secondary N) is 1. The fourth-order valence-corrected chi connectivity index (χ4v) is 1.44. The summed E-state index contributed by atoms with van der Waals surface area (Å²) in [7, 11) is 1.38. The van der Waals surface area contributed by atoms with Crippen molar-refractivity contribution in [2.24, 2.45) is 10.7 Å². The maximum absolute atomic E-state index is 11.7. The van der Waals surface area contributed by atoms with E-state index in [-0.39, 0.29) is 22.8 Å². The van der Waals surface area contributed by atoms with Crippen LogP contribution in [0.1, 0.15) is 16.2 Å². The van der Waals surface area contributed by atoms with Crippen LogP contribution in [0.5, 0.6) is 5.75 Å². The molecule has 98 valence electrons. The topological polar surface area (TPSA) is 142 Å². The van der Waals surface area contributed by atoms with E-state index in [0.717, 1.165) is 0 Å². The van der Waals surface area contributed by atoms with Gasteiger partial charge in [0.2, 0.25) is 5.82 Å². The van der Waals surface area contributed by atoms with Gasteiger partial charge in [0.05, 0.1) is 12.8 Å². The summed E-state index contributed by atoms with van der Waals surface area (Å²) in [5.41, 5.74) is 5.35. The first-order chi connectivity index (χ1) is 9.13. The van der Waals surface area contributed by atoms with Gasteiger partial charge in [-0.25, -0.2) is 0 Å². The number of H-pyrrole nitrogens is 1. The fraction of sp³-hybridized carbons (Fsp3) is 0.100. The molecule has 0 fully saturated rings. The number of aromatic nitrogens is 4. The molecule has 1 aromatic carbocycles. The summed E-state index contributed by atoms with van der Waals surface area (Å²) < 4.78 is 5.00. The summed E-state index contributed by atoms with van der Waals surface area (Å²) in [5.74, 6) is -1.48. The average molecular weight is 261 g/mol. The number of primary amides is 1. The highest BCUT2D eigenvalue weighted by atomic mass is 16.5. The summed E-state index contributed by atoms with van der Waals surface area (Å²) in [6.07, 6.45) is 0. The summed E-state index contributed by atoms with van der Waals surface area (Å²) in [6.45, 7) is 0. The number of rotatable bonds is 4. The lowest BCUT2D eigenvalue weighted by atomic mass is 10.1. The van der Waals surface area contributed by atoms with Gasteiger partial charge in [-0.3, -0.25) is 9.79 Å². The highest BCUT2D eigenvalue weighted by molar-refractivity contribution is 6.02. The Morgan fingerprint density at radius 2 is 2.32 bits per heavy atom. The number of hydrogen-bond donors (Lipinski definition) is 2. The molecular formula is C10H9N6O3-. The molecule has 9 nitrogen and oxygen atoms in total. The van der Waals surface area contributed by atoms with Crippen LogP contribution in [-0.4, -0.2) is 39.5 Å². The van der Waals surface area contributed by atoms with E-state index in [1.165, 1.54) is 19.2 Å². The molecule has 3 N–H and O–H groups in total. The highest BCUT2D eigenvalue weighted by Gasteiger charge is 2.14. The highest BCUT2D eigenvalue weighted by Crippen LogP contribution is 2.28. The number of aliphatic imine (C=N–C) groups is 1. The van der Waals surface area contributed by atoms with E-state index in [1.54, 1.807) is 6.07 Å². The maximum atomic E-state index is 11.7. The molecule has 0 aliphatic rings. The number of carbonyl (C=O) groups excluding carboxylic acids is 1. The Morgan fingerprint density at radius 3 is 2.89 bits per heavy atom. The number of nitrogens with zero attached hydrogens (tertiary/aromatic N) is 4. The number of benzene rings is 1. The van der Waals surface area contributed by atoms with Crippen molar-refractivity contribution in [3.8, 4) is 5.75 Å². The van der Waals surface area contributed by atoms with E-state index in [0.29, 0.717) is 0 Å². The van der Waals surface area contributed by atoms with Gasteiger partial charge < -0.3 is 15.6 Å². The van der Waals surface area contributed by atoms with Crippen molar-refractivity contribution < 1.29 is 14.6 Å². The van der Waals surface area contributed by atoms with Gasteiger partial charge in [-0.2, -0.15) is 5.21 Å². The Bertz CT molecular complexity index is 622. The zero-order valence-corrected chi connectivity index (χ0v) is 9.82. The monoisotopic (exact) mass is 261 g/mol. The smallest absolute Gasteiger partial charge is 0.254 e. The predicted octanol–water partition coefficient (Wildman–Crippen LogP) is -1.25. The van der Waals surface area contributed by atoms with Gasteiger partial charge in [-0.05, 0) is 17.3 Å². The van der Waals surface area contributed by atoms with Crippen molar-refractivity contribution in [3.05, 3.63) is 29.6 Å². The molecule has 9 heteroatoms. The van der Waals surface area contributed by atoms with Gasteiger partial charge in [-0.1, -0.05) is 6.07 Å². The quantitative estimate of drug-likeness (QED) is 0.519. The van der Waals surface area contributed by atoms with Crippen LogP contribution < -0.4 is 15.6 Å². The molecule has 0 saturated heterocycles. The zero-order chi connectivity index (χ0) is 13.8. The Balaban J connectivity index is 2.51. The van der Waals surface area contributed by atoms with Crippen LogP contribution in [0.4, 0.5) is 5.69 Å². The van der Waals surface area contributed by atoms with Crippen molar-refractivity contribution in [2.45, 2.75) is 0 Å². The van der Waals surface area contributed by atoms with Crippen molar-refractivity contribution in [2.75, 3.05) is 7.11 Å². The fourth-order valence-electron chi connectivity index (χ4n) is 1.44. The molecule has 0 saturated carbocycles. The van der Waals surface area contributed by atoms with Crippen LogP contribution in [0.25, 0.3) is 0 Å². The second kappa shape index (κ2) is 5.12. The minimum Gasteiger partial charge on any atom is -0.856 e. The zero-order valence-electron chi connectivity index (χ0n) is 9.82. The SMILES string of the molecule is COc1cccc(N=C([O-])c2nn[nH]n2)c1C(N)=O. The molecule has 0 atom stereocenters. The van der Waals surface area contributed by atoms with Crippen molar-refractivity contribution >= 4 is 17.5 Å². The number of hydrogen-bond acceptors (Lipinski definition) is 7.